The number of halogens is 3. The fraction of sp³-hybridized carbons (Fsp3) is 0.333. The molecule has 0 bridgehead atoms. The van der Waals surface area contributed by atoms with Crippen LogP contribution in [-0.2, 0) is 24.6 Å². The first kappa shape index (κ1) is 19.6. The van der Waals surface area contributed by atoms with Crippen LogP contribution in [0.25, 0.3) is 10.9 Å². The Hall–Kier alpha value is -3.17. The predicted molar refractivity (Wildman–Crippen MR) is 95.5 cm³/mol. The molecule has 1 amide bonds. The number of alkyl halides is 3. The zero-order valence-electron chi connectivity index (χ0n) is 15.4. The van der Waals surface area contributed by atoms with E-state index >= 15 is 0 Å². The van der Waals surface area contributed by atoms with Crippen molar-refractivity contribution in [2.45, 2.75) is 32.6 Å². The number of nitrogens with zero attached hydrogens (tertiary/aromatic N) is 4. The highest BCUT2D eigenvalue weighted by Gasteiger charge is 2.30. The van der Waals surface area contributed by atoms with Gasteiger partial charge in [0.05, 0.1) is 34.4 Å². The van der Waals surface area contributed by atoms with E-state index in [1.807, 2.05) is 0 Å². The SMILES string of the molecule is Cc1nn(CC(=O)N[C@@H](C)c2ccc(C(F)(F)F)cc2)c(=O)c2cnn(C)c12. The number of hydrogen-bond acceptors (Lipinski definition) is 4. The molecule has 0 radical (unpaired) electrons. The molecule has 0 aliphatic heterocycles. The van der Waals surface area contributed by atoms with E-state index in [4.69, 9.17) is 0 Å². The highest BCUT2D eigenvalue weighted by molar-refractivity contribution is 5.80. The van der Waals surface area contributed by atoms with Crippen molar-refractivity contribution in [1.82, 2.24) is 24.9 Å². The van der Waals surface area contributed by atoms with Crippen molar-refractivity contribution in [1.29, 1.82) is 0 Å². The zero-order valence-corrected chi connectivity index (χ0v) is 15.4. The molecule has 0 aliphatic carbocycles. The fourth-order valence-electron chi connectivity index (χ4n) is 3.01. The smallest absolute Gasteiger partial charge is 0.348 e. The van der Waals surface area contributed by atoms with E-state index in [1.165, 1.54) is 23.0 Å². The lowest BCUT2D eigenvalue weighted by molar-refractivity contribution is -0.137. The summed E-state index contributed by atoms with van der Waals surface area (Å²) in [5, 5.41) is 11.2. The van der Waals surface area contributed by atoms with Crippen LogP contribution in [0.1, 0.15) is 29.8 Å². The van der Waals surface area contributed by atoms with Gasteiger partial charge in [0, 0.05) is 7.05 Å². The van der Waals surface area contributed by atoms with Crippen LogP contribution in [-0.4, -0.2) is 25.5 Å². The summed E-state index contributed by atoms with van der Waals surface area (Å²) in [4.78, 5) is 24.8. The van der Waals surface area contributed by atoms with Gasteiger partial charge in [-0.25, -0.2) is 4.68 Å². The summed E-state index contributed by atoms with van der Waals surface area (Å²) in [6.07, 6.45) is -2.99. The molecule has 148 valence electrons. The van der Waals surface area contributed by atoms with Gasteiger partial charge in [-0.05, 0) is 31.5 Å². The minimum Gasteiger partial charge on any atom is -0.348 e. The van der Waals surface area contributed by atoms with Gasteiger partial charge in [0.15, 0.2) is 0 Å². The van der Waals surface area contributed by atoms with Gasteiger partial charge in [0.25, 0.3) is 5.56 Å². The second-order valence-electron chi connectivity index (χ2n) is 6.49. The molecule has 2 heterocycles. The van der Waals surface area contributed by atoms with E-state index in [1.54, 1.807) is 20.9 Å². The van der Waals surface area contributed by atoms with Gasteiger partial charge in [-0.3, -0.25) is 14.3 Å². The number of benzene rings is 1. The Morgan fingerprint density at radius 1 is 1.25 bits per heavy atom. The summed E-state index contributed by atoms with van der Waals surface area (Å²) in [5.41, 5.74) is 0.468. The molecule has 0 unspecified atom stereocenters. The van der Waals surface area contributed by atoms with E-state index in [-0.39, 0.29) is 6.54 Å². The van der Waals surface area contributed by atoms with Crippen molar-refractivity contribution in [3.63, 3.8) is 0 Å². The number of aromatic nitrogens is 4. The number of fused-ring (bicyclic) bond motifs is 1. The average Bonchev–Trinajstić information content (AvgIpc) is 3.01. The van der Waals surface area contributed by atoms with E-state index in [0.717, 1.165) is 16.8 Å². The number of aryl methyl sites for hydroxylation is 2. The van der Waals surface area contributed by atoms with Crippen LogP contribution in [0.2, 0.25) is 0 Å². The van der Waals surface area contributed by atoms with Crippen LogP contribution in [0.3, 0.4) is 0 Å². The van der Waals surface area contributed by atoms with E-state index in [0.29, 0.717) is 22.2 Å². The topological polar surface area (TPSA) is 81.8 Å². The van der Waals surface area contributed by atoms with Crippen molar-refractivity contribution >= 4 is 16.8 Å². The largest absolute Gasteiger partial charge is 0.416 e. The van der Waals surface area contributed by atoms with Crippen molar-refractivity contribution in [3.8, 4) is 0 Å². The molecule has 1 aromatic carbocycles. The maximum atomic E-state index is 12.6. The third kappa shape index (κ3) is 3.75. The first-order valence-electron chi connectivity index (χ1n) is 8.44. The van der Waals surface area contributed by atoms with Gasteiger partial charge < -0.3 is 5.32 Å². The molecule has 1 N–H and O–H groups in total. The average molecular weight is 393 g/mol. The summed E-state index contributed by atoms with van der Waals surface area (Å²) in [5.74, 6) is -0.482. The molecular formula is C18H18F3N5O2. The lowest BCUT2D eigenvalue weighted by atomic mass is 10.1. The Morgan fingerprint density at radius 3 is 2.50 bits per heavy atom. The van der Waals surface area contributed by atoms with Gasteiger partial charge in [-0.1, -0.05) is 12.1 Å². The van der Waals surface area contributed by atoms with Crippen molar-refractivity contribution in [2.75, 3.05) is 0 Å². The summed E-state index contributed by atoms with van der Waals surface area (Å²) >= 11 is 0. The number of carbonyl (C=O) groups excluding carboxylic acids is 1. The second-order valence-corrected chi connectivity index (χ2v) is 6.49. The minimum atomic E-state index is -4.42. The minimum absolute atomic E-state index is 0.310. The molecule has 2 aromatic heterocycles. The van der Waals surface area contributed by atoms with Crippen LogP contribution in [0, 0.1) is 6.92 Å². The molecule has 0 saturated carbocycles. The molecule has 1 atom stereocenters. The van der Waals surface area contributed by atoms with Crippen molar-refractivity contribution in [3.05, 3.63) is 57.6 Å². The summed E-state index contributed by atoms with van der Waals surface area (Å²) in [6, 6.07) is 4.01. The highest BCUT2D eigenvalue weighted by Crippen LogP contribution is 2.29. The molecule has 0 saturated heterocycles. The predicted octanol–water partition coefficient (Wildman–Crippen LogP) is 2.33. The summed E-state index contributed by atoms with van der Waals surface area (Å²) < 4.78 is 40.5. The van der Waals surface area contributed by atoms with Crippen molar-refractivity contribution < 1.29 is 18.0 Å². The lowest BCUT2D eigenvalue weighted by Crippen LogP contribution is -2.35. The fourth-order valence-corrected chi connectivity index (χ4v) is 3.01. The van der Waals surface area contributed by atoms with Gasteiger partial charge >= 0.3 is 6.18 Å². The van der Waals surface area contributed by atoms with Crippen LogP contribution in [0.4, 0.5) is 13.2 Å². The number of amides is 1. The Kier molecular flexibility index (Phi) is 4.97. The molecular weight excluding hydrogens is 375 g/mol. The zero-order chi connectivity index (χ0) is 20.6. The maximum Gasteiger partial charge on any atom is 0.416 e. The molecule has 0 fully saturated rings. The molecule has 7 nitrogen and oxygen atoms in total. The van der Waals surface area contributed by atoms with E-state index in [9.17, 15) is 22.8 Å². The van der Waals surface area contributed by atoms with Crippen LogP contribution in [0.5, 0.6) is 0 Å². The lowest BCUT2D eigenvalue weighted by Gasteiger charge is -2.16. The van der Waals surface area contributed by atoms with Crippen molar-refractivity contribution in [2.24, 2.45) is 7.05 Å². The van der Waals surface area contributed by atoms with E-state index < -0.39 is 29.2 Å². The summed E-state index contributed by atoms with van der Waals surface area (Å²) in [6.45, 7) is 3.05. The van der Waals surface area contributed by atoms with Crippen LogP contribution in [0.15, 0.2) is 35.3 Å². The first-order chi connectivity index (χ1) is 13.1. The Balaban J connectivity index is 1.74. The molecule has 3 rings (SSSR count). The third-order valence-corrected chi connectivity index (χ3v) is 4.43. The quantitative estimate of drug-likeness (QED) is 0.738. The van der Waals surface area contributed by atoms with Gasteiger partial charge in [-0.2, -0.15) is 23.4 Å². The number of carbonyl (C=O) groups is 1. The summed E-state index contributed by atoms with van der Waals surface area (Å²) in [7, 11) is 1.69. The van der Waals surface area contributed by atoms with E-state index in [2.05, 4.69) is 15.5 Å². The first-order valence-corrected chi connectivity index (χ1v) is 8.44. The number of rotatable bonds is 4. The Morgan fingerprint density at radius 2 is 1.89 bits per heavy atom. The van der Waals surface area contributed by atoms with Crippen LogP contribution < -0.4 is 10.9 Å². The molecule has 0 aliphatic rings. The number of hydrogen-bond donors (Lipinski definition) is 1. The molecule has 0 spiro atoms. The highest BCUT2D eigenvalue weighted by atomic mass is 19.4. The van der Waals surface area contributed by atoms with Gasteiger partial charge in [-0.15, -0.1) is 0 Å². The maximum absolute atomic E-state index is 12.6. The monoisotopic (exact) mass is 393 g/mol. The molecule has 10 heteroatoms. The standard InChI is InChI=1S/C18H18F3N5O2/c1-10(12-4-6-13(7-5-12)18(19,20)21)23-15(27)9-26-17(28)14-8-22-25(3)16(14)11(2)24-26/h4-8,10H,9H2,1-3H3,(H,23,27)/t10-/m0/s1. The van der Waals surface area contributed by atoms with Gasteiger partial charge in [0.2, 0.25) is 5.91 Å². The second kappa shape index (κ2) is 7.10. The van der Waals surface area contributed by atoms with Gasteiger partial charge in [0.1, 0.15) is 6.54 Å². The normalized spacial score (nSPS) is 12.9. The Labute approximate surface area is 157 Å². The molecule has 28 heavy (non-hydrogen) atoms. The Bertz CT molecular complexity index is 1080. The third-order valence-electron chi connectivity index (χ3n) is 4.43. The molecule has 3 aromatic rings. The van der Waals surface area contributed by atoms with Crippen LogP contribution >= 0.6 is 0 Å². The number of nitrogens with one attached hydrogen (secondary N) is 1.